The molecule has 1 atom stereocenters. The molecule has 1 aromatic rings. The molecule has 0 aromatic carbocycles. The molecule has 0 spiro atoms. The van der Waals surface area contributed by atoms with Gasteiger partial charge in [-0.2, -0.15) is 0 Å². The van der Waals surface area contributed by atoms with Crippen LogP contribution in [-0.2, 0) is 17.8 Å². The second-order valence-electron chi connectivity index (χ2n) is 3.57. The molecule has 14 heavy (non-hydrogen) atoms. The summed E-state index contributed by atoms with van der Waals surface area (Å²) in [7, 11) is 0. The van der Waals surface area contributed by atoms with Crippen LogP contribution in [0.2, 0.25) is 0 Å². The van der Waals surface area contributed by atoms with Gasteiger partial charge in [0, 0.05) is 6.61 Å². The first kappa shape index (κ1) is 9.68. The molecule has 2 rings (SSSR count). The summed E-state index contributed by atoms with van der Waals surface area (Å²) in [4.78, 5) is 4.07. The summed E-state index contributed by atoms with van der Waals surface area (Å²) < 4.78 is 10.9. The highest BCUT2D eigenvalue weighted by atomic mass is 16.5. The topological polar surface area (TPSA) is 55.5 Å². The van der Waals surface area contributed by atoms with E-state index < -0.39 is 0 Å². The molecule has 1 unspecified atom stereocenters. The van der Waals surface area contributed by atoms with E-state index in [1.54, 1.807) is 6.20 Å². The predicted molar refractivity (Wildman–Crippen MR) is 49.7 cm³/mol. The third-order valence-electron chi connectivity index (χ3n) is 2.43. The molecule has 2 heterocycles. The average Bonchev–Trinajstić information content (AvgIpc) is 2.67. The number of hydrogen-bond donors (Lipinski definition) is 1. The summed E-state index contributed by atoms with van der Waals surface area (Å²) in [5.74, 6) is 1.19. The summed E-state index contributed by atoms with van der Waals surface area (Å²) >= 11 is 0. The summed E-state index contributed by atoms with van der Waals surface area (Å²) in [5.41, 5.74) is 0. The van der Waals surface area contributed by atoms with E-state index in [-0.39, 0.29) is 12.7 Å². The fraction of sp³-hybridized carbons (Fsp3) is 0.700. The lowest BCUT2D eigenvalue weighted by Crippen LogP contribution is -2.21. The third-order valence-corrected chi connectivity index (χ3v) is 2.43. The van der Waals surface area contributed by atoms with Gasteiger partial charge in [-0.3, -0.25) is 0 Å². The van der Waals surface area contributed by atoms with E-state index in [1.165, 1.54) is 6.42 Å². The maximum atomic E-state index is 8.79. The molecule has 1 aromatic heterocycles. The van der Waals surface area contributed by atoms with Crippen LogP contribution in [0.1, 0.15) is 30.9 Å². The molecule has 1 saturated heterocycles. The number of nitrogens with zero attached hydrogens (tertiary/aromatic N) is 1. The Balaban J connectivity index is 1.89. The average molecular weight is 197 g/mol. The van der Waals surface area contributed by atoms with E-state index in [1.807, 2.05) is 0 Å². The number of hydrogen-bond acceptors (Lipinski definition) is 4. The van der Waals surface area contributed by atoms with Gasteiger partial charge in [-0.1, -0.05) is 0 Å². The van der Waals surface area contributed by atoms with E-state index in [4.69, 9.17) is 14.3 Å². The fourth-order valence-electron chi connectivity index (χ4n) is 1.68. The van der Waals surface area contributed by atoms with Crippen molar-refractivity contribution in [3.8, 4) is 0 Å². The standard InChI is InChI=1S/C10H15NO3/c12-7-9-6-11-10(14-9)5-8-3-1-2-4-13-8/h6,8,12H,1-5,7H2. The van der Waals surface area contributed by atoms with Crippen molar-refractivity contribution in [2.45, 2.75) is 38.4 Å². The first-order valence-corrected chi connectivity index (χ1v) is 5.04. The number of rotatable bonds is 3. The summed E-state index contributed by atoms with van der Waals surface area (Å²) in [6, 6.07) is 0. The third kappa shape index (κ3) is 2.33. The first-order chi connectivity index (χ1) is 6.88. The molecule has 1 fully saturated rings. The Kier molecular flexibility index (Phi) is 3.16. The van der Waals surface area contributed by atoms with Crippen molar-refractivity contribution >= 4 is 0 Å². The van der Waals surface area contributed by atoms with Crippen LogP contribution in [0.3, 0.4) is 0 Å². The number of aromatic nitrogens is 1. The van der Waals surface area contributed by atoms with Crippen LogP contribution >= 0.6 is 0 Å². The molecule has 0 amide bonds. The van der Waals surface area contributed by atoms with Gasteiger partial charge in [0.2, 0.25) is 0 Å². The van der Waals surface area contributed by atoms with Crippen LogP contribution in [0.15, 0.2) is 10.6 Å². The smallest absolute Gasteiger partial charge is 0.197 e. The normalized spacial score (nSPS) is 22.5. The monoisotopic (exact) mass is 197 g/mol. The van der Waals surface area contributed by atoms with Crippen LogP contribution in [0.4, 0.5) is 0 Å². The molecule has 78 valence electrons. The molecule has 0 aliphatic carbocycles. The SMILES string of the molecule is OCc1cnc(CC2CCCCO2)o1. The molecule has 1 aliphatic rings. The maximum absolute atomic E-state index is 8.79. The minimum atomic E-state index is -0.0848. The van der Waals surface area contributed by atoms with Gasteiger partial charge in [0.15, 0.2) is 5.89 Å². The Morgan fingerprint density at radius 1 is 1.50 bits per heavy atom. The van der Waals surface area contributed by atoms with Crippen molar-refractivity contribution in [1.82, 2.24) is 4.98 Å². The zero-order valence-corrected chi connectivity index (χ0v) is 8.11. The quantitative estimate of drug-likeness (QED) is 0.793. The molecule has 1 aliphatic heterocycles. The number of oxazole rings is 1. The lowest BCUT2D eigenvalue weighted by atomic mass is 10.1. The zero-order valence-electron chi connectivity index (χ0n) is 8.11. The molecule has 0 radical (unpaired) electrons. The summed E-state index contributed by atoms with van der Waals surface area (Å²) in [6.07, 6.45) is 5.99. The van der Waals surface area contributed by atoms with Crippen LogP contribution < -0.4 is 0 Å². The molecule has 1 N–H and O–H groups in total. The van der Waals surface area contributed by atoms with Crippen LogP contribution in [0.25, 0.3) is 0 Å². The second-order valence-corrected chi connectivity index (χ2v) is 3.57. The molecule has 4 heteroatoms. The largest absolute Gasteiger partial charge is 0.443 e. The number of aliphatic hydroxyl groups is 1. The van der Waals surface area contributed by atoms with Gasteiger partial charge in [-0.15, -0.1) is 0 Å². The van der Waals surface area contributed by atoms with Gasteiger partial charge in [0.25, 0.3) is 0 Å². The fourth-order valence-corrected chi connectivity index (χ4v) is 1.68. The van der Waals surface area contributed by atoms with Crippen molar-refractivity contribution in [3.05, 3.63) is 17.8 Å². The highest BCUT2D eigenvalue weighted by Gasteiger charge is 2.16. The van der Waals surface area contributed by atoms with Gasteiger partial charge in [0.05, 0.1) is 18.7 Å². The number of ether oxygens (including phenoxy) is 1. The molecule has 4 nitrogen and oxygen atoms in total. The molecular formula is C10H15NO3. The van der Waals surface area contributed by atoms with Crippen LogP contribution in [-0.4, -0.2) is 22.8 Å². The minimum Gasteiger partial charge on any atom is -0.443 e. The molecular weight excluding hydrogens is 182 g/mol. The van der Waals surface area contributed by atoms with Crippen LogP contribution in [0, 0.1) is 0 Å². The second kappa shape index (κ2) is 4.57. The van der Waals surface area contributed by atoms with Gasteiger partial charge in [0.1, 0.15) is 12.4 Å². The van der Waals surface area contributed by atoms with Gasteiger partial charge in [-0.05, 0) is 19.3 Å². The van der Waals surface area contributed by atoms with E-state index in [9.17, 15) is 0 Å². The lowest BCUT2D eigenvalue weighted by Gasteiger charge is -2.20. The van der Waals surface area contributed by atoms with Gasteiger partial charge in [-0.25, -0.2) is 4.98 Å². The highest BCUT2D eigenvalue weighted by Crippen LogP contribution is 2.17. The summed E-state index contributed by atoms with van der Waals surface area (Å²) in [6.45, 7) is 0.761. The van der Waals surface area contributed by atoms with E-state index in [2.05, 4.69) is 4.98 Å². The maximum Gasteiger partial charge on any atom is 0.197 e. The van der Waals surface area contributed by atoms with Crippen molar-refractivity contribution in [1.29, 1.82) is 0 Å². The number of aliphatic hydroxyl groups excluding tert-OH is 1. The zero-order chi connectivity index (χ0) is 9.80. The Bertz CT molecular complexity index is 279. The van der Waals surface area contributed by atoms with Gasteiger partial charge >= 0.3 is 0 Å². The summed E-state index contributed by atoms with van der Waals surface area (Å²) in [5, 5.41) is 8.79. The van der Waals surface area contributed by atoms with E-state index >= 15 is 0 Å². The van der Waals surface area contributed by atoms with E-state index in [0.717, 1.165) is 25.9 Å². The molecule has 0 saturated carbocycles. The van der Waals surface area contributed by atoms with Crippen molar-refractivity contribution in [3.63, 3.8) is 0 Å². The Morgan fingerprint density at radius 3 is 3.07 bits per heavy atom. The highest BCUT2D eigenvalue weighted by molar-refractivity contribution is 4.93. The van der Waals surface area contributed by atoms with Crippen molar-refractivity contribution in [2.24, 2.45) is 0 Å². The van der Waals surface area contributed by atoms with Gasteiger partial charge < -0.3 is 14.3 Å². The lowest BCUT2D eigenvalue weighted by molar-refractivity contribution is 0.0129. The Hall–Kier alpha value is -0.870. The van der Waals surface area contributed by atoms with E-state index in [0.29, 0.717) is 11.7 Å². The molecule has 0 bridgehead atoms. The van der Waals surface area contributed by atoms with Crippen LogP contribution in [0.5, 0.6) is 0 Å². The van der Waals surface area contributed by atoms with Crippen molar-refractivity contribution < 1.29 is 14.3 Å². The first-order valence-electron chi connectivity index (χ1n) is 5.04. The minimum absolute atomic E-state index is 0.0848. The Morgan fingerprint density at radius 2 is 2.43 bits per heavy atom. The Labute approximate surface area is 82.9 Å². The predicted octanol–water partition coefficient (Wildman–Crippen LogP) is 1.28. The van der Waals surface area contributed by atoms with Crippen molar-refractivity contribution in [2.75, 3.05) is 6.61 Å².